The Labute approximate surface area is 123 Å². The van der Waals surface area contributed by atoms with Crippen LogP contribution in [0.25, 0.3) is 0 Å². The van der Waals surface area contributed by atoms with Gasteiger partial charge in [0, 0.05) is 19.3 Å². The summed E-state index contributed by atoms with van der Waals surface area (Å²) in [6.07, 6.45) is 3.14. The van der Waals surface area contributed by atoms with E-state index in [1.165, 1.54) is 16.6 Å². The quantitative estimate of drug-likeness (QED) is 0.785. The first kappa shape index (κ1) is 15.0. The maximum atomic E-state index is 12.5. The van der Waals surface area contributed by atoms with Crippen molar-refractivity contribution in [2.75, 3.05) is 13.1 Å². The number of sulfonamides is 1. The predicted molar refractivity (Wildman–Crippen MR) is 76.0 cm³/mol. The summed E-state index contributed by atoms with van der Waals surface area (Å²) in [7, 11) is -3.54. The Balaban J connectivity index is 2.34. The molecule has 0 atom stereocenters. The number of halogens is 2. The lowest BCUT2D eigenvalue weighted by Gasteiger charge is -2.37. The molecular weight excluding hydrogens is 307 g/mol. The van der Waals surface area contributed by atoms with Crippen molar-refractivity contribution in [1.82, 2.24) is 9.29 Å². The fourth-order valence-electron chi connectivity index (χ4n) is 2.27. The van der Waals surface area contributed by atoms with E-state index in [2.05, 4.69) is 18.8 Å². The van der Waals surface area contributed by atoms with E-state index in [0.29, 0.717) is 13.1 Å². The number of nitrogens with zero attached hydrogens (tertiary/aromatic N) is 2. The van der Waals surface area contributed by atoms with Crippen molar-refractivity contribution in [2.45, 2.75) is 31.6 Å². The van der Waals surface area contributed by atoms with Gasteiger partial charge in [-0.15, -0.1) is 0 Å². The summed E-state index contributed by atoms with van der Waals surface area (Å²) in [6.45, 7) is 5.19. The summed E-state index contributed by atoms with van der Waals surface area (Å²) in [5.74, 6) is 0. The van der Waals surface area contributed by atoms with E-state index in [0.717, 1.165) is 12.8 Å². The Morgan fingerprint density at radius 3 is 2.63 bits per heavy atom. The van der Waals surface area contributed by atoms with Gasteiger partial charge in [-0.3, -0.25) is 0 Å². The van der Waals surface area contributed by atoms with Gasteiger partial charge in [0.1, 0.15) is 10.0 Å². The Hall–Kier alpha value is -0.360. The molecule has 2 rings (SSSR count). The van der Waals surface area contributed by atoms with Crippen molar-refractivity contribution in [3.05, 3.63) is 22.4 Å². The molecule has 0 radical (unpaired) electrons. The highest BCUT2D eigenvalue weighted by molar-refractivity contribution is 7.89. The Kier molecular flexibility index (Phi) is 4.12. The van der Waals surface area contributed by atoms with Crippen LogP contribution in [0, 0.1) is 5.41 Å². The van der Waals surface area contributed by atoms with Crippen LogP contribution in [-0.4, -0.2) is 30.8 Å². The molecular formula is C12H16Cl2N2O2S. The van der Waals surface area contributed by atoms with E-state index in [9.17, 15) is 8.42 Å². The van der Waals surface area contributed by atoms with Crippen molar-refractivity contribution in [2.24, 2.45) is 5.41 Å². The van der Waals surface area contributed by atoms with Crippen LogP contribution in [0.3, 0.4) is 0 Å². The highest BCUT2D eigenvalue weighted by atomic mass is 35.5. The molecule has 19 heavy (non-hydrogen) atoms. The summed E-state index contributed by atoms with van der Waals surface area (Å²) in [5, 5.41) is 0.263. The first-order valence-corrected chi connectivity index (χ1v) is 8.23. The molecule has 0 bridgehead atoms. The summed E-state index contributed by atoms with van der Waals surface area (Å²) < 4.78 is 26.5. The molecule has 0 unspecified atom stereocenters. The van der Waals surface area contributed by atoms with E-state index >= 15 is 0 Å². The third-order valence-electron chi connectivity index (χ3n) is 3.27. The molecule has 0 aromatic carbocycles. The second-order valence-corrected chi connectivity index (χ2v) is 8.25. The summed E-state index contributed by atoms with van der Waals surface area (Å²) in [4.78, 5) is 3.90. The maximum Gasteiger partial charge on any atom is 0.244 e. The number of hydrogen-bond acceptors (Lipinski definition) is 3. The maximum absolute atomic E-state index is 12.5. The lowest BCUT2D eigenvalue weighted by molar-refractivity contribution is 0.187. The van der Waals surface area contributed by atoms with Gasteiger partial charge in [0.25, 0.3) is 0 Å². The highest BCUT2D eigenvalue weighted by Crippen LogP contribution is 2.32. The Morgan fingerprint density at radius 2 is 2.05 bits per heavy atom. The number of rotatable bonds is 2. The number of aromatic nitrogens is 1. The highest BCUT2D eigenvalue weighted by Gasteiger charge is 2.34. The second-order valence-electron chi connectivity index (χ2n) is 5.55. The smallest absolute Gasteiger partial charge is 0.242 e. The average Bonchev–Trinajstić information content (AvgIpc) is 2.31. The topological polar surface area (TPSA) is 50.3 Å². The lowest BCUT2D eigenvalue weighted by atomic mass is 9.85. The molecule has 0 aliphatic carbocycles. The molecule has 0 N–H and O–H groups in total. The molecule has 0 amide bonds. The Bertz CT molecular complexity index is 587. The van der Waals surface area contributed by atoms with Gasteiger partial charge in [-0.1, -0.05) is 37.0 Å². The van der Waals surface area contributed by atoms with Crippen molar-refractivity contribution < 1.29 is 8.42 Å². The standard InChI is InChI=1S/C12H16Cl2N2O2S/c1-12(2)4-3-5-16(8-12)19(17,18)9-6-10(13)11(14)15-7-9/h6-7H,3-5,8H2,1-2H3. The van der Waals surface area contributed by atoms with Crippen LogP contribution < -0.4 is 0 Å². The van der Waals surface area contributed by atoms with Crippen LogP contribution in [0.15, 0.2) is 17.2 Å². The van der Waals surface area contributed by atoms with E-state index in [1.807, 2.05) is 0 Å². The SMILES string of the molecule is CC1(C)CCCN(S(=O)(=O)c2cnc(Cl)c(Cl)c2)C1. The Morgan fingerprint density at radius 1 is 1.37 bits per heavy atom. The summed E-state index contributed by atoms with van der Waals surface area (Å²) in [5.41, 5.74) is -0.00499. The van der Waals surface area contributed by atoms with Crippen molar-refractivity contribution in [3.63, 3.8) is 0 Å². The predicted octanol–water partition coefficient (Wildman–Crippen LogP) is 3.20. The minimum atomic E-state index is -3.54. The van der Waals surface area contributed by atoms with Crippen LogP contribution in [0.1, 0.15) is 26.7 Å². The van der Waals surface area contributed by atoms with Crippen LogP contribution in [-0.2, 0) is 10.0 Å². The van der Waals surface area contributed by atoms with E-state index in [4.69, 9.17) is 23.2 Å². The van der Waals surface area contributed by atoms with Gasteiger partial charge in [0.15, 0.2) is 0 Å². The molecule has 1 saturated heterocycles. The molecule has 1 aromatic heterocycles. The number of hydrogen-bond donors (Lipinski definition) is 0. The molecule has 1 aliphatic rings. The van der Waals surface area contributed by atoms with Crippen molar-refractivity contribution >= 4 is 33.2 Å². The lowest BCUT2D eigenvalue weighted by Crippen LogP contribution is -2.43. The first-order valence-electron chi connectivity index (χ1n) is 6.04. The van der Waals surface area contributed by atoms with Crippen molar-refractivity contribution in [1.29, 1.82) is 0 Å². The molecule has 1 fully saturated rings. The van der Waals surface area contributed by atoms with Crippen molar-refractivity contribution in [3.8, 4) is 0 Å². The average molecular weight is 323 g/mol. The first-order chi connectivity index (χ1) is 8.72. The van der Waals surface area contributed by atoms with Gasteiger partial charge >= 0.3 is 0 Å². The molecule has 1 aromatic rings. The number of piperidine rings is 1. The summed E-state index contributed by atoms with van der Waals surface area (Å²) in [6, 6.07) is 1.35. The van der Waals surface area contributed by atoms with Gasteiger partial charge < -0.3 is 0 Å². The van der Waals surface area contributed by atoms with Crippen LogP contribution in [0.4, 0.5) is 0 Å². The zero-order chi connectivity index (χ0) is 14.3. The molecule has 7 heteroatoms. The molecule has 106 valence electrons. The minimum Gasteiger partial charge on any atom is -0.242 e. The zero-order valence-corrected chi connectivity index (χ0v) is 13.2. The zero-order valence-electron chi connectivity index (χ0n) is 10.9. The normalized spacial score (nSPS) is 20.4. The molecule has 0 spiro atoms. The largest absolute Gasteiger partial charge is 0.244 e. The van der Waals surface area contributed by atoms with Gasteiger partial charge in [0.05, 0.1) is 5.02 Å². The molecule has 2 heterocycles. The van der Waals surface area contributed by atoms with E-state index in [1.54, 1.807) is 0 Å². The third-order valence-corrected chi connectivity index (χ3v) is 5.77. The van der Waals surface area contributed by atoms with Gasteiger partial charge in [-0.2, -0.15) is 4.31 Å². The van der Waals surface area contributed by atoms with E-state index in [-0.39, 0.29) is 20.5 Å². The number of pyridine rings is 1. The van der Waals surface area contributed by atoms with Crippen LogP contribution >= 0.6 is 23.2 Å². The molecule has 1 aliphatic heterocycles. The van der Waals surface area contributed by atoms with Crippen LogP contribution in [0.2, 0.25) is 10.2 Å². The molecule has 4 nitrogen and oxygen atoms in total. The van der Waals surface area contributed by atoms with E-state index < -0.39 is 10.0 Å². The fraction of sp³-hybridized carbons (Fsp3) is 0.583. The minimum absolute atomic E-state index is 0.00499. The van der Waals surface area contributed by atoms with Gasteiger partial charge in [-0.25, -0.2) is 13.4 Å². The van der Waals surface area contributed by atoms with Gasteiger partial charge in [-0.05, 0) is 24.3 Å². The fourth-order valence-corrected chi connectivity index (χ4v) is 4.24. The monoisotopic (exact) mass is 322 g/mol. The van der Waals surface area contributed by atoms with Crippen LogP contribution in [0.5, 0.6) is 0 Å². The third kappa shape index (κ3) is 3.21. The second kappa shape index (κ2) is 5.20. The summed E-state index contributed by atoms with van der Waals surface area (Å²) >= 11 is 11.5. The van der Waals surface area contributed by atoms with Gasteiger partial charge in [0.2, 0.25) is 10.0 Å². The molecule has 0 saturated carbocycles.